The molecule has 0 bridgehead atoms. The number of ketones is 2. The number of hydrogen-bond acceptors (Lipinski definition) is 3. The van der Waals surface area contributed by atoms with E-state index < -0.39 is 10.8 Å². The number of carbonyl (C=O) groups is 3. The number of rotatable bonds is 1. The van der Waals surface area contributed by atoms with Gasteiger partial charge in [-0.1, -0.05) is 60.1 Å². The smallest absolute Gasteiger partial charge is 0.225 e. The van der Waals surface area contributed by atoms with E-state index in [9.17, 15) is 14.4 Å². The van der Waals surface area contributed by atoms with Crippen LogP contribution in [0.25, 0.3) is 0 Å². The van der Waals surface area contributed by atoms with Crippen LogP contribution in [0.2, 0.25) is 0 Å². The summed E-state index contributed by atoms with van der Waals surface area (Å²) in [5.41, 5.74) is 0.00817. The molecule has 0 aromatic carbocycles. The van der Waals surface area contributed by atoms with Crippen molar-refractivity contribution < 1.29 is 14.4 Å². The van der Waals surface area contributed by atoms with Crippen LogP contribution in [0.5, 0.6) is 0 Å². The van der Waals surface area contributed by atoms with Crippen molar-refractivity contribution in [1.82, 2.24) is 5.32 Å². The number of allylic oxidation sites excluding steroid dienone is 4. The Morgan fingerprint density at radius 1 is 0.943 bits per heavy atom. The zero-order valence-corrected chi connectivity index (χ0v) is 23.1. The SMILES string of the molecule is CNC(=O)C1(C)CCC2(C)CCC3(C)C(C(=O)C=C4C5(C)C=CC(=O)C(C)(C)C5CCC43C)C2C1. The second-order valence-corrected chi connectivity index (χ2v) is 14.6. The molecule has 0 aromatic rings. The van der Waals surface area contributed by atoms with Crippen molar-refractivity contribution in [3.05, 3.63) is 23.8 Å². The first-order chi connectivity index (χ1) is 16.1. The van der Waals surface area contributed by atoms with Crippen LogP contribution in [0.15, 0.2) is 23.8 Å². The molecular formula is C31H45NO3. The predicted octanol–water partition coefficient (Wildman–Crippen LogP) is 6.06. The third kappa shape index (κ3) is 2.95. The molecule has 1 N–H and O–H groups in total. The van der Waals surface area contributed by atoms with Crippen LogP contribution in [0.4, 0.5) is 0 Å². The van der Waals surface area contributed by atoms with E-state index in [1.807, 2.05) is 6.08 Å². The Morgan fingerprint density at radius 2 is 1.60 bits per heavy atom. The Hall–Kier alpha value is -1.71. The van der Waals surface area contributed by atoms with Crippen molar-refractivity contribution in [2.75, 3.05) is 7.05 Å². The van der Waals surface area contributed by atoms with Gasteiger partial charge >= 0.3 is 0 Å². The maximum atomic E-state index is 14.3. The van der Waals surface area contributed by atoms with Crippen molar-refractivity contribution in [2.24, 2.45) is 50.2 Å². The summed E-state index contributed by atoms with van der Waals surface area (Å²) in [7, 11) is 1.73. The van der Waals surface area contributed by atoms with E-state index in [0.717, 1.165) is 44.9 Å². The summed E-state index contributed by atoms with van der Waals surface area (Å²) in [4.78, 5) is 40.0. The predicted molar refractivity (Wildman–Crippen MR) is 138 cm³/mol. The maximum absolute atomic E-state index is 14.3. The third-order valence-electron chi connectivity index (χ3n) is 12.7. The Bertz CT molecular complexity index is 1070. The summed E-state index contributed by atoms with van der Waals surface area (Å²) in [6.07, 6.45) is 12.8. The Morgan fingerprint density at radius 3 is 2.26 bits per heavy atom. The molecule has 4 heteroatoms. The van der Waals surface area contributed by atoms with Gasteiger partial charge in [-0.05, 0) is 85.2 Å². The van der Waals surface area contributed by atoms with E-state index in [0.29, 0.717) is 0 Å². The molecule has 35 heavy (non-hydrogen) atoms. The lowest BCUT2D eigenvalue weighted by Gasteiger charge is -2.69. The summed E-state index contributed by atoms with van der Waals surface area (Å²) >= 11 is 0. The highest BCUT2D eigenvalue weighted by molar-refractivity contribution is 5.98. The maximum Gasteiger partial charge on any atom is 0.225 e. The highest BCUT2D eigenvalue weighted by Crippen LogP contribution is 2.74. The molecule has 4 nitrogen and oxygen atoms in total. The van der Waals surface area contributed by atoms with Crippen LogP contribution in [0, 0.1) is 50.2 Å². The summed E-state index contributed by atoms with van der Waals surface area (Å²) < 4.78 is 0. The fourth-order valence-corrected chi connectivity index (χ4v) is 9.94. The average molecular weight is 480 g/mol. The van der Waals surface area contributed by atoms with Crippen molar-refractivity contribution >= 4 is 17.5 Å². The van der Waals surface area contributed by atoms with E-state index in [1.165, 1.54) is 5.57 Å². The van der Waals surface area contributed by atoms with Gasteiger partial charge in [-0.15, -0.1) is 0 Å². The average Bonchev–Trinajstić information content (AvgIpc) is 2.79. The fraction of sp³-hybridized carbons (Fsp3) is 0.774. The molecule has 5 aliphatic carbocycles. The van der Waals surface area contributed by atoms with Crippen LogP contribution in [-0.2, 0) is 14.4 Å². The lowest BCUT2D eigenvalue weighted by Crippen LogP contribution is -2.64. The van der Waals surface area contributed by atoms with E-state index >= 15 is 0 Å². The molecule has 8 atom stereocenters. The molecule has 0 spiro atoms. The lowest BCUT2D eigenvalue weighted by atomic mass is 9.34. The number of hydrogen-bond donors (Lipinski definition) is 1. The minimum atomic E-state index is -0.420. The summed E-state index contributed by atoms with van der Waals surface area (Å²) in [5, 5.41) is 2.91. The summed E-state index contributed by atoms with van der Waals surface area (Å²) in [6, 6.07) is 0. The van der Waals surface area contributed by atoms with E-state index in [-0.39, 0.29) is 56.9 Å². The lowest BCUT2D eigenvalue weighted by molar-refractivity contribution is -0.172. The van der Waals surface area contributed by atoms with Gasteiger partial charge in [0.15, 0.2) is 11.6 Å². The highest BCUT2D eigenvalue weighted by atomic mass is 16.2. The van der Waals surface area contributed by atoms with E-state index in [4.69, 9.17) is 0 Å². The van der Waals surface area contributed by atoms with Gasteiger partial charge in [0.05, 0.1) is 0 Å². The zero-order chi connectivity index (χ0) is 25.8. The van der Waals surface area contributed by atoms with Crippen LogP contribution in [0.3, 0.4) is 0 Å². The van der Waals surface area contributed by atoms with Gasteiger partial charge in [-0.3, -0.25) is 14.4 Å². The van der Waals surface area contributed by atoms with Gasteiger partial charge < -0.3 is 5.32 Å². The van der Waals surface area contributed by atoms with Gasteiger partial charge in [0.1, 0.15) is 0 Å². The normalized spacial score (nSPS) is 50.3. The molecule has 1 amide bonds. The van der Waals surface area contributed by atoms with Crippen LogP contribution in [-0.4, -0.2) is 24.5 Å². The fourth-order valence-electron chi connectivity index (χ4n) is 9.94. The van der Waals surface area contributed by atoms with Crippen molar-refractivity contribution in [2.45, 2.75) is 93.4 Å². The Balaban J connectivity index is 1.64. The molecule has 0 aliphatic heterocycles. The Kier molecular flexibility index (Phi) is 5.13. The van der Waals surface area contributed by atoms with Crippen LogP contribution in [0.1, 0.15) is 93.4 Å². The first kappa shape index (κ1) is 25.0. The highest BCUT2D eigenvalue weighted by Gasteiger charge is 2.69. The first-order valence-corrected chi connectivity index (χ1v) is 13.8. The topological polar surface area (TPSA) is 63.2 Å². The summed E-state index contributed by atoms with van der Waals surface area (Å²) in [6.45, 7) is 15.7. The minimum Gasteiger partial charge on any atom is -0.359 e. The summed E-state index contributed by atoms with van der Waals surface area (Å²) in [5.74, 6) is 0.956. The third-order valence-corrected chi connectivity index (χ3v) is 12.7. The van der Waals surface area contributed by atoms with Crippen molar-refractivity contribution in [3.63, 3.8) is 0 Å². The molecule has 5 rings (SSSR count). The number of amides is 1. The van der Waals surface area contributed by atoms with Crippen molar-refractivity contribution in [3.8, 4) is 0 Å². The van der Waals surface area contributed by atoms with Crippen LogP contribution >= 0.6 is 0 Å². The molecule has 5 aliphatic rings. The first-order valence-electron chi connectivity index (χ1n) is 13.8. The quantitative estimate of drug-likeness (QED) is 0.497. The molecule has 3 saturated carbocycles. The molecule has 0 aromatic heterocycles. The number of fused-ring (bicyclic) bond motifs is 7. The van der Waals surface area contributed by atoms with Gasteiger partial charge in [0, 0.05) is 29.2 Å². The second-order valence-electron chi connectivity index (χ2n) is 14.6. The van der Waals surface area contributed by atoms with Gasteiger partial charge in [0.2, 0.25) is 5.91 Å². The van der Waals surface area contributed by atoms with Crippen molar-refractivity contribution in [1.29, 1.82) is 0 Å². The number of carbonyl (C=O) groups excluding carboxylic acids is 3. The molecule has 192 valence electrons. The largest absolute Gasteiger partial charge is 0.359 e. The second kappa shape index (κ2) is 7.19. The monoisotopic (exact) mass is 479 g/mol. The van der Waals surface area contributed by atoms with E-state index in [2.05, 4.69) is 59.9 Å². The zero-order valence-electron chi connectivity index (χ0n) is 23.1. The standard InChI is InChI=1S/C31H45NO3/c1-26(2)21-9-12-30(6)22(29(21,5)11-10-23(26)34)17-20(33)24-19-18-28(4,25(35)32-8)14-13-27(19,3)15-16-31(24,30)7/h10-11,17,19,21,24H,9,12-16,18H2,1-8H3,(H,32,35). The molecule has 0 saturated heterocycles. The minimum absolute atomic E-state index is 0.0540. The molecule has 0 radical (unpaired) electrons. The molecular weight excluding hydrogens is 434 g/mol. The van der Waals surface area contributed by atoms with Gasteiger partial charge in [-0.25, -0.2) is 0 Å². The molecule has 8 unspecified atom stereocenters. The van der Waals surface area contributed by atoms with E-state index in [1.54, 1.807) is 13.1 Å². The van der Waals surface area contributed by atoms with Gasteiger partial charge in [-0.2, -0.15) is 0 Å². The number of nitrogens with one attached hydrogen (secondary N) is 1. The molecule has 3 fully saturated rings. The van der Waals surface area contributed by atoms with Gasteiger partial charge in [0.25, 0.3) is 0 Å². The molecule has 0 heterocycles. The Labute approximate surface area is 211 Å². The van der Waals surface area contributed by atoms with Crippen LogP contribution < -0.4 is 5.32 Å².